The molecule has 1 aromatic carbocycles. The van der Waals surface area contributed by atoms with Crippen LogP contribution in [0.25, 0.3) is 0 Å². The monoisotopic (exact) mass is 443 g/mol. The summed E-state index contributed by atoms with van der Waals surface area (Å²) in [6.07, 6.45) is 4.72. The van der Waals surface area contributed by atoms with E-state index < -0.39 is 5.60 Å². The van der Waals surface area contributed by atoms with Gasteiger partial charge in [-0.15, -0.1) is 0 Å². The summed E-state index contributed by atoms with van der Waals surface area (Å²) in [6, 6.07) is 7.95. The van der Waals surface area contributed by atoms with Gasteiger partial charge in [-0.1, -0.05) is 25.0 Å². The van der Waals surface area contributed by atoms with Crippen LogP contribution >= 0.6 is 0 Å². The van der Waals surface area contributed by atoms with Crippen molar-refractivity contribution in [3.05, 3.63) is 29.8 Å². The molecule has 1 atom stereocenters. The van der Waals surface area contributed by atoms with Crippen LogP contribution in [-0.4, -0.2) is 54.6 Å². The molecule has 8 nitrogen and oxygen atoms in total. The molecule has 2 fully saturated rings. The standard InChI is InChI=1S/C24H37N5O3/c1-24(2,3)32-23(31)28-20-12-13-29(16-20)22(25-4)26-15-17-8-7-11-19(14-17)27-21(30)18-9-5-6-10-18/h7-8,11,14,18,20H,5-6,9-10,12-13,15-16H2,1-4H3,(H,25,26)(H,27,30)(H,28,31). The average Bonchev–Trinajstić information content (AvgIpc) is 3.40. The zero-order chi connectivity index (χ0) is 23.1. The van der Waals surface area contributed by atoms with E-state index in [-0.39, 0.29) is 24.0 Å². The average molecular weight is 444 g/mol. The Balaban J connectivity index is 1.48. The number of alkyl carbamates (subject to hydrolysis) is 1. The van der Waals surface area contributed by atoms with Crippen LogP contribution in [0.1, 0.15) is 58.4 Å². The van der Waals surface area contributed by atoms with E-state index in [2.05, 4.69) is 25.8 Å². The molecule has 0 spiro atoms. The number of hydrogen-bond donors (Lipinski definition) is 3. The summed E-state index contributed by atoms with van der Waals surface area (Å²) in [6.45, 7) is 7.64. The van der Waals surface area contributed by atoms with Gasteiger partial charge in [-0.25, -0.2) is 4.79 Å². The van der Waals surface area contributed by atoms with Crippen molar-refractivity contribution in [2.45, 2.75) is 71.1 Å². The van der Waals surface area contributed by atoms with Gasteiger partial charge in [0.1, 0.15) is 5.60 Å². The Morgan fingerprint density at radius 3 is 2.62 bits per heavy atom. The number of amides is 2. The Bertz CT molecular complexity index is 827. The van der Waals surface area contributed by atoms with Crippen LogP contribution in [0.3, 0.4) is 0 Å². The number of nitrogens with one attached hydrogen (secondary N) is 3. The van der Waals surface area contributed by atoms with Gasteiger partial charge >= 0.3 is 6.09 Å². The molecule has 3 rings (SSSR count). The largest absolute Gasteiger partial charge is 0.444 e. The second-order valence-corrected chi connectivity index (χ2v) is 9.65. The van der Waals surface area contributed by atoms with Gasteiger partial charge in [0.25, 0.3) is 0 Å². The lowest BCUT2D eigenvalue weighted by Crippen LogP contribution is -2.44. The quantitative estimate of drug-likeness (QED) is 0.478. The highest BCUT2D eigenvalue weighted by Crippen LogP contribution is 2.26. The molecule has 0 bridgehead atoms. The van der Waals surface area contributed by atoms with Crippen LogP contribution in [0.2, 0.25) is 0 Å². The van der Waals surface area contributed by atoms with Gasteiger partial charge in [0.05, 0.1) is 6.04 Å². The van der Waals surface area contributed by atoms with E-state index >= 15 is 0 Å². The molecular weight excluding hydrogens is 406 g/mol. The van der Waals surface area contributed by atoms with Gasteiger partial charge in [0, 0.05) is 38.3 Å². The number of rotatable bonds is 5. The Labute approximate surface area is 191 Å². The number of aliphatic imine (C=N–C) groups is 1. The van der Waals surface area contributed by atoms with E-state index in [0.29, 0.717) is 13.1 Å². The van der Waals surface area contributed by atoms with Crippen molar-refractivity contribution in [3.8, 4) is 0 Å². The number of carbonyl (C=O) groups excluding carboxylic acids is 2. The second-order valence-electron chi connectivity index (χ2n) is 9.65. The summed E-state index contributed by atoms with van der Waals surface area (Å²) in [7, 11) is 1.76. The molecule has 1 aliphatic carbocycles. The van der Waals surface area contributed by atoms with E-state index in [1.54, 1.807) is 7.05 Å². The minimum atomic E-state index is -0.509. The van der Waals surface area contributed by atoms with Gasteiger partial charge in [-0.3, -0.25) is 9.79 Å². The molecule has 176 valence electrons. The predicted octanol–water partition coefficient (Wildman–Crippen LogP) is 3.49. The van der Waals surface area contributed by atoms with Crippen molar-refractivity contribution in [1.82, 2.24) is 15.5 Å². The molecule has 2 aliphatic rings. The number of hydrogen-bond acceptors (Lipinski definition) is 4. The van der Waals surface area contributed by atoms with Gasteiger partial charge in [-0.2, -0.15) is 0 Å². The van der Waals surface area contributed by atoms with Crippen molar-refractivity contribution in [2.24, 2.45) is 10.9 Å². The third kappa shape index (κ3) is 7.14. The fourth-order valence-electron chi connectivity index (χ4n) is 4.25. The summed E-state index contributed by atoms with van der Waals surface area (Å²) in [4.78, 5) is 31.0. The van der Waals surface area contributed by atoms with Gasteiger partial charge < -0.3 is 25.6 Å². The number of carbonyl (C=O) groups is 2. The summed E-state index contributed by atoms with van der Waals surface area (Å²) in [5.41, 5.74) is 1.39. The molecule has 3 N–H and O–H groups in total. The Hall–Kier alpha value is -2.77. The SMILES string of the molecule is CN=C(NCc1cccc(NC(=O)C2CCCC2)c1)N1CCC(NC(=O)OC(C)(C)C)C1. The van der Waals surface area contributed by atoms with Crippen molar-refractivity contribution in [1.29, 1.82) is 0 Å². The number of nitrogens with zero attached hydrogens (tertiary/aromatic N) is 2. The first kappa shape index (κ1) is 23.9. The summed E-state index contributed by atoms with van der Waals surface area (Å²) >= 11 is 0. The number of anilines is 1. The van der Waals surface area contributed by atoms with Crippen molar-refractivity contribution in [2.75, 3.05) is 25.5 Å². The smallest absolute Gasteiger partial charge is 0.407 e. The molecular formula is C24H37N5O3. The lowest BCUT2D eigenvalue weighted by atomic mass is 10.1. The van der Waals surface area contributed by atoms with E-state index in [1.165, 1.54) is 0 Å². The fraction of sp³-hybridized carbons (Fsp3) is 0.625. The Morgan fingerprint density at radius 2 is 1.94 bits per heavy atom. The number of likely N-dealkylation sites (tertiary alicyclic amines) is 1. The maximum Gasteiger partial charge on any atom is 0.407 e. The van der Waals surface area contributed by atoms with Crippen LogP contribution in [0.4, 0.5) is 10.5 Å². The molecule has 8 heteroatoms. The molecule has 1 aliphatic heterocycles. The van der Waals surface area contributed by atoms with E-state index in [9.17, 15) is 9.59 Å². The molecule has 0 radical (unpaired) electrons. The van der Waals surface area contributed by atoms with Crippen molar-refractivity contribution >= 4 is 23.6 Å². The minimum Gasteiger partial charge on any atom is -0.444 e. The molecule has 0 aromatic heterocycles. The molecule has 2 amide bonds. The maximum atomic E-state index is 12.4. The fourth-order valence-corrected chi connectivity index (χ4v) is 4.25. The minimum absolute atomic E-state index is 0.0255. The number of benzene rings is 1. The van der Waals surface area contributed by atoms with Crippen molar-refractivity contribution < 1.29 is 14.3 Å². The second kappa shape index (κ2) is 10.7. The van der Waals surface area contributed by atoms with Crippen LogP contribution in [0, 0.1) is 5.92 Å². The van der Waals surface area contributed by atoms with Gasteiger partial charge in [0.15, 0.2) is 5.96 Å². The molecule has 1 saturated carbocycles. The van der Waals surface area contributed by atoms with Crippen LogP contribution < -0.4 is 16.0 Å². The van der Waals surface area contributed by atoms with Crippen LogP contribution in [0.5, 0.6) is 0 Å². The van der Waals surface area contributed by atoms with E-state index in [1.807, 2.05) is 45.0 Å². The molecule has 1 unspecified atom stereocenters. The Morgan fingerprint density at radius 1 is 1.19 bits per heavy atom. The number of guanidine groups is 1. The van der Waals surface area contributed by atoms with Gasteiger partial charge in [-0.05, 0) is 57.7 Å². The lowest BCUT2D eigenvalue weighted by molar-refractivity contribution is -0.119. The van der Waals surface area contributed by atoms with Gasteiger partial charge in [0.2, 0.25) is 5.91 Å². The number of ether oxygens (including phenoxy) is 1. The summed E-state index contributed by atoms with van der Waals surface area (Å²) < 4.78 is 5.35. The molecule has 32 heavy (non-hydrogen) atoms. The first-order chi connectivity index (χ1) is 15.2. The zero-order valence-electron chi connectivity index (χ0n) is 19.7. The summed E-state index contributed by atoms with van der Waals surface area (Å²) in [5.74, 6) is 1.07. The predicted molar refractivity (Wildman–Crippen MR) is 127 cm³/mol. The Kier molecular flexibility index (Phi) is 7.99. The molecule has 1 saturated heterocycles. The normalized spacial score (nSPS) is 19.7. The highest BCUT2D eigenvalue weighted by molar-refractivity contribution is 5.92. The lowest BCUT2D eigenvalue weighted by Gasteiger charge is -2.23. The molecule has 1 aromatic rings. The summed E-state index contributed by atoms with van der Waals surface area (Å²) in [5, 5.41) is 9.40. The highest BCUT2D eigenvalue weighted by Gasteiger charge is 2.28. The molecule has 1 heterocycles. The third-order valence-corrected chi connectivity index (χ3v) is 5.79. The van der Waals surface area contributed by atoms with E-state index in [0.717, 1.165) is 55.9 Å². The topological polar surface area (TPSA) is 95.1 Å². The first-order valence-electron chi connectivity index (χ1n) is 11.6. The van der Waals surface area contributed by atoms with Crippen LogP contribution in [-0.2, 0) is 16.1 Å². The highest BCUT2D eigenvalue weighted by atomic mass is 16.6. The zero-order valence-corrected chi connectivity index (χ0v) is 19.7. The first-order valence-corrected chi connectivity index (χ1v) is 11.6. The maximum absolute atomic E-state index is 12.4. The third-order valence-electron chi connectivity index (χ3n) is 5.79. The van der Waals surface area contributed by atoms with E-state index in [4.69, 9.17) is 4.74 Å². The van der Waals surface area contributed by atoms with Crippen molar-refractivity contribution in [3.63, 3.8) is 0 Å². The van der Waals surface area contributed by atoms with Crippen LogP contribution in [0.15, 0.2) is 29.3 Å².